The van der Waals surface area contributed by atoms with Gasteiger partial charge in [-0.2, -0.15) is 0 Å². The number of benzene rings is 1. The van der Waals surface area contributed by atoms with Crippen LogP contribution >= 0.6 is 0 Å². The summed E-state index contributed by atoms with van der Waals surface area (Å²) >= 11 is 0. The molecule has 2 aliphatic rings. The molecule has 6 heteroatoms. The maximum absolute atomic E-state index is 13.1. The summed E-state index contributed by atoms with van der Waals surface area (Å²) in [6.45, 7) is 5.70. The third kappa shape index (κ3) is 3.59. The molecule has 28 heavy (non-hydrogen) atoms. The van der Waals surface area contributed by atoms with Crippen molar-refractivity contribution in [3.63, 3.8) is 0 Å². The number of amides is 2. The van der Waals surface area contributed by atoms with Crippen LogP contribution in [0.25, 0.3) is 0 Å². The van der Waals surface area contributed by atoms with E-state index in [1.54, 1.807) is 4.90 Å². The summed E-state index contributed by atoms with van der Waals surface area (Å²) in [6, 6.07) is 11.6. The Bertz CT molecular complexity index is 855. The molecule has 1 aromatic carbocycles. The molecule has 2 amide bonds. The molecule has 4 rings (SSSR count). The molecule has 2 aromatic rings. The number of aryl methyl sites for hydroxylation is 1. The quantitative estimate of drug-likeness (QED) is 0.770. The predicted octanol–water partition coefficient (Wildman–Crippen LogP) is 2.48. The Morgan fingerprint density at radius 3 is 2.64 bits per heavy atom. The van der Waals surface area contributed by atoms with Gasteiger partial charge in [0.15, 0.2) is 0 Å². The molecule has 0 unspecified atom stereocenters. The van der Waals surface area contributed by atoms with Gasteiger partial charge in [0, 0.05) is 56.5 Å². The summed E-state index contributed by atoms with van der Waals surface area (Å²) in [4.78, 5) is 36.1. The smallest absolute Gasteiger partial charge is 0.239 e. The number of rotatable bonds is 3. The average molecular weight is 378 g/mol. The van der Waals surface area contributed by atoms with Crippen molar-refractivity contribution in [2.75, 3.05) is 42.5 Å². The first-order chi connectivity index (χ1) is 13.6. The van der Waals surface area contributed by atoms with Crippen LogP contribution in [-0.2, 0) is 9.59 Å². The molecule has 0 saturated carbocycles. The summed E-state index contributed by atoms with van der Waals surface area (Å²) in [5.74, 6) is -0.631. The lowest BCUT2D eigenvalue weighted by Crippen LogP contribution is -2.42. The molecule has 1 atom stereocenters. The molecule has 146 valence electrons. The maximum atomic E-state index is 13.1. The molecule has 1 aromatic heterocycles. The first kappa shape index (κ1) is 18.5. The fourth-order valence-electron chi connectivity index (χ4n) is 4.19. The Kier molecular flexibility index (Phi) is 5.28. The van der Waals surface area contributed by atoms with Gasteiger partial charge in [-0.15, -0.1) is 0 Å². The second-order valence-corrected chi connectivity index (χ2v) is 7.49. The van der Waals surface area contributed by atoms with Gasteiger partial charge in [-0.1, -0.05) is 18.2 Å². The van der Waals surface area contributed by atoms with Crippen molar-refractivity contribution < 1.29 is 9.59 Å². The largest absolute Gasteiger partial charge is 0.369 e. The van der Waals surface area contributed by atoms with Crippen LogP contribution in [0.15, 0.2) is 48.8 Å². The molecule has 0 spiro atoms. The maximum Gasteiger partial charge on any atom is 0.239 e. The molecule has 0 aliphatic carbocycles. The van der Waals surface area contributed by atoms with Gasteiger partial charge in [0.25, 0.3) is 0 Å². The monoisotopic (exact) mass is 378 g/mol. The van der Waals surface area contributed by atoms with E-state index in [0.717, 1.165) is 30.8 Å². The lowest BCUT2D eigenvalue weighted by atomic mass is 10.1. The first-order valence-electron chi connectivity index (χ1n) is 9.96. The molecular formula is C22H26N4O2. The molecule has 0 radical (unpaired) electrons. The SMILES string of the molecule is Cc1cnccc1N1CCCN(C(=O)[C@H]2CCN(c3ccccc3)C2=O)CC1. The van der Waals surface area contributed by atoms with Crippen molar-refractivity contribution in [1.82, 2.24) is 9.88 Å². The van der Waals surface area contributed by atoms with Gasteiger partial charge in [0.1, 0.15) is 5.92 Å². The zero-order valence-corrected chi connectivity index (χ0v) is 16.3. The van der Waals surface area contributed by atoms with Gasteiger partial charge in [-0.25, -0.2) is 0 Å². The van der Waals surface area contributed by atoms with Gasteiger partial charge in [-0.3, -0.25) is 14.6 Å². The summed E-state index contributed by atoms with van der Waals surface area (Å²) in [5.41, 5.74) is 3.20. The van der Waals surface area contributed by atoms with Gasteiger partial charge < -0.3 is 14.7 Å². The number of para-hydroxylation sites is 1. The number of nitrogens with zero attached hydrogens (tertiary/aromatic N) is 4. The molecule has 2 fully saturated rings. The number of aromatic nitrogens is 1. The van der Waals surface area contributed by atoms with Crippen molar-refractivity contribution in [3.8, 4) is 0 Å². The standard InChI is InChI=1S/C22H26N4O2/c1-17-16-23-10-8-20(17)24-11-5-12-25(15-14-24)21(27)19-9-13-26(22(19)28)18-6-3-2-4-7-18/h2-4,6-8,10,16,19H,5,9,11-15H2,1H3/t19-/m1/s1. The number of anilines is 2. The Morgan fingerprint density at radius 2 is 1.86 bits per heavy atom. The zero-order chi connectivity index (χ0) is 19.5. The minimum absolute atomic E-state index is 0.0169. The fourth-order valence-corrected chi connectivity index (χ4v) is 4.19. The number of carbonyl (C=O) groups is 2. The lowest BCUT2D eigenvalue weighted by molar-refractivity contribution is -0.139. The van der Waals surface area contributed by atoms with E-state index in [1.165, 1.54) is 5.69 Å². The molecular weight excluding hydrogens is 352 g/mol. The van der Waals surface area contributed by atoms with E-state index in [4.69, 9.17) is 0 Å². The Hall–Kier alpha value is -2.89. The Morgan fingerprint density at radius 1 is 1.04 bits per heavy atom. The normalized spacial score (nSPS) is 20.4. The second-order valence-electron chi connectivity index (χ2n) is 7.49. The van der Waals surface area contributed by atoms with Crippen LogP contribution in [0.5, 0.6) is 0 Å². The fraction of sp³-hybridized carbons (Fsp3) is 0.409. The Balaban J connectivity index is 1.42. The molecule has 3 heterocycles. The molecule has 0 bridgehead atoms. The van der Waals surface area contributed by atoms with Crippen molar-refractivity contribution in [3.05, 3.63) is 54.4 Å². The first-order valence-corrected chi connectivity index (χ1v) is 9.96. The summed E-state index contributed by atoms with van der Waals surface area (Å²) < 4.78 is 0. The number of hydrogen-bond acceptors (Lipinski definition) is 4. The van der Waals surface area contributed by atoms with Crippen molar-refractivity contribution in [2.45, 2.75) is 19.8 Å². The van der Waals surface area contributed by atoms with E-state index in [-0.39, 0.29) is 11.8 Å². The van der Waals surface area contributed by atoms with Crippen molar-refractivity contribution in [1.29, 1.82) is 0 Å². The summed E-state index contributed by atoms with van der Waals surface area (Å²) in [5, 5.41) is 0. The molecule has 2 aliphatic heterocycles. The van der Waals surface area contributed by atoms with Crippen LogP contribution in [0.2, 0.25) is 0 Å². The van der Waals surface area contributed by atoms with E-state index in [9.17, 15) is 9.59 Å². The Labute approximate surface area is 165 Å². The van der Waals surface area contributed by atoms with Crippen molar-refractivity contribution in [2.24, 2.45) is 5.92 Å². The summed E-state index contributed by atoms with van der Waals surface area (Å²) in [6.07, 6.45) is 5.18. The van der Waals surface area contributed by atoms with E-state index in [1.807, 2.05) is 53.7 Å². The molecule has 0 N–H and O–H groups in total. The summed E-state index contributed by atoms with van der Waals surface area (Å²) in [7, 11) is 0. The van der Waals surface area contributed by atoms with E-state index >= 15 is 0 Å². The topological polar surface area (TPSA) is 56.8 Å². The number of carbonyl (C=O) groups excluding carboxylic acids is 2. The molecule has 2 saturated heterocycles. The van der Waals surface area contributed by atoms with Crippen LogP contribution in [0, 0.1) is 12.8 Å². The highest BCUT2D eigenvalue weighted by atomic mass is 16.2. The van der Waals surface area contributed by atoms with E-state index in [2.05, 4.69) is 16.8 Å². The highest BCUT2D eigenvalue weighted by molar-refractivity contribution is 6.09. The van der Waals surface area contributed by atoms with E-state index < -0.39 is 5.92 Å². The zero-order valence-electron chi connectivity index (χ0n) is 16.3. The number of hydrogen-bond donors (Lipinski definition) is 0. The highest BCUT2D eigenvalue weighted by Gasteiger charge is 2.39. The van der Waals surface area contributed by atoms with Crippen molar-refractivity contribution >= 4 is 23.2 Å². The average Bonchev–Trinajstić information content (AvgIpc) is 2.94. The lowest BCUT2D eigenvalue weighted by Gasteiger charge is -2.26. The third-order valence-corrected chi connectivity index (χ3v) is 5.71. The highest BCUT2D eigenvalue weighted by Crippen LogP contribution is 2.27. The second kappa shape index (κ2) is 8.00. The van der Waals surface area contributed by atoms with Gasteiger partial charge >= 0.3 is 0 Å². The van der Waals surface area contributed by atoms with Crippen LogP contribution in [0.3, 0.4) is 0 Å². The molecule has 6 nitrogen and oxygen atoms in total. The van der Waals surface area contributed by atoms with Crippen LogP contribution < -0.4 is 9.80 Å². The van der Waals surface area contributed by atoms with E-state index in [0.29, 0.717) is 26.1 Å². The van der Waals surface area contributed by atoms with Crippen LogP contribution in [0.1, 0.15) is 18.4 Å². The minimum atomic E-state index is -0.547. The predicted molar refractivity (Wildman–Crippen MR) is 109 cm³/mol. The van der Waals surface area contributed by atoms with Crippen LogP contribution in [-0.4, -0.2) is 54.4 Å². The van der Waals surface area contributed by atoms with Gasteiger partial charge in [0.05, 0.1) is 0 Å². The van der Waals surface area contributed by atoms with Gasteiger partial charge in [0.2, 0.25) is 11.8 Å². The van der Waals surface area contributed by atoms with Gasteiger partial charge in [-0.05, 0) is 43.5 Å². The minimum Gasteiger partial charge on any atom is -0.369 e. The number of pyridine rings is 1. The van der Waals surface area contributed by atoms with Crippen LogP contribution in [0.4, 0.5) is 11.4 Å². The third-order valence-electron chi connectivity index (χ3n) is 5.71.